The second kappa shape index (κ2) is 6.15. The molecule has 1 aliphatic heterocycles. The molecule has 0 spiro atoms. The Morgan fingerprint density at radius 3 is 2.75 bits per heavy atom. The fourth-order valence-electron chi connectivity index (χ4n) is 2.53. The van der Waals surface area contributed by atoms with Gasteiger partial charge in [0.25, 0.3) is 0 Å². The number of nitrogens with one attached hydrogen (secondary N) is 1. The molecule has 20 heavy (non-hydrogen) atoms. The van der Waals surface area contributed by atoms with Crippen molar-refractivity contribution in [2.45, 2.75) is 6.42 Å². The van der Waals surface area contributed by atoms with Gasteiger partial charge in [0, 0.05) is 17.1 Å². The lowest BCUT2D eigenvalue weighted by Gasteiger charge is -2.31. The highest BCUT2D eigenvalue weighted by Gasteiger charge is 2.25. The van der Waals surface area contributed by atoms with Gasteiger partial charge in [-0.3, -0.25) is 9.69 Å². The zero-order chi connectivity index (χ0) is 13.8. The maximum Gasteiger partial charge on any atom is 0.228 e. The molecule has 2 aromatic rings. The number of quaternary nitrogens is 1. The minimum atomic E-state index is 0.243. The summed E-state index contributed by atoms with van der Waals surface area (Å²) < 4.78 is 0. The number of nitrogens with zero attached hydrogens (tertiary/aromatic N) is 2. The number of hydrogen-bond acceptors (Lipinski definition) is 3. The van der Waals surface area contributed by atoms with Gasteiger partial charge in [-0.1, -0.05) is 12.1 Å². The van der Waals surface area contributed by atoms with Crippen LogP contribution in [0.2, 0.25) is 0 Å². The first-order valence-electron chi connectivity index (χ1n) is 6.89. The highest BCUT2D eigenvalue weighted by atomic mass is 32.1. The van der Waals surface area contributed by atoms with Crippen LogP contribution in [-0.2, 0) is 11.2 Å². The van der Waals surface area contributed by atoms with Crippen LogP contribution in [0.4, 0.5) is 5.82 Å². The highest BCUT2D eigenvalue weighted by Crippen LogP contribution is 2.10. The molecule has 0 aromatic carbocycles. The van der Waals surface area contributed by atoms with E-state index >= 15 is 0 Å². The van der Waals surface area contributed by atoms with E-state index in [1.54, 1.807) is 11.3 Å². The van der Waals surface area contributed by atoms with Gasteiger partial charge in [-0.25, -0.2) is 4.98 Å². The third kappa shape index (κ3) is 3.05. The van der Waals surface area contributed by atoms with Crippen molar-refractivity contribution in [1.29, 1.82) is 0 Å². The first kappa shape index (κ1) is 13.3. The number of piperazine rings is 1. The molecule has 0 unspecified atom stereocenters. The zero-order valence-electron chi connectivity index (χ0n) is 11.3. The molecule has 0 radical (unpaired) electrons. The summed E-state index contributed by atoms with van der Waals surface area (Å²) in [6.45, 7) is 3.51. The molecule has 4 nitrogen and oxygen atoms in total. The van der Waals surface area contributed by atoms with E-state index in [0.29, 0.717) is 6.42 Å². The molecular weight excluding hydrogens is 270 g/mol. The van der Waals surface area contributed by atoms with E-state index in [-0.39, 0.29) is 5.91 Å². The Morgan fingerprint density at radius 2 is 2.10 bits per heavy atom. The number of thiophene rings is 1. The van der Waals surface area contributed by atoms with Crippen LogP contribution in [0.5, 0.6) is 0 Å². The number of rotatable bonds is 3. The van der Waals surface area contributed by atoms with Crippen molar-refractivity contribution in [3.05, 3.63) is 46.8 Å². The van der Waals surface area contributed by atoms with Crippen LogP contribution < -0.4 is 4.90 Å². The van der Waals surface area contributed by atoms with Crippen LogP contribution >= 0.6 is 11.3 Å². The molecule has 1 aliphatic rings. The smallest absolute Gasteiger partial charge is 0.228 e. The van der Waals surface area contributed by atoms with Gasteiger partial charge >= 0.3 is 0 Å². The van der Waals surface area contributed by atoms with E-state index in [9.17, 15) is 4.79 Å². The third-order valence-electron chi connectivity index (χ3n) is 3.65. The van der Waals surface area contributed by atoms with Gasteiger partial charge in [0.15, 0.2) is 0 Å². The lowest BCUT2D eigenvalue weighted by molar-refractivity contribution is -0.840. The van der Waals surface area contributed by atoms with E-state index in [1.807, 2.05) is 40.7 Å². The molecular formula is C15H18N3OS+. The average Bonchev–Trinajstić information content (AvgIpc) is 3.01. The topological polar surface area (TPSA) is 37.6 Å². The predicted molar refractivity (Wildman–Crippen MR) is 79.2 cm³/mol. The zero-order valence-corrected chi connectivity index (χ0v) is 12.1. The van der Waals surface area contributed by atoms with Crippen LogP contribution in [0, 0.1) is 0 Å². The average molecular weight is 288 g/mol. The molecule has 0 bridgehead atoms. The van der Waals surface area contributed by atoms with E-state index in [2.05, 4.69) is 11.1 Å². The molecule has 3 heterocycles. The van der Waals surface area contributed by atoms with Crippen molar-refractivity contribution >= 4 is 23.1 Å². The first-order valence-corrected chi connectivity index (χ1v) is 7.77. The largest absolute Gasteiger partial charge is 0.331 e. The number of carbonyl (C=O) groups is 1. The molecule has 0 saturated carbocycles. The second-order valence-corrected chi connectivity index (χ2v) is 5.99. The SMILES string of the molecule is O=C(Cc1cccs1)N1CC[NH+](c2ccccn2)CC1. The molecule has 1 amide bonds. The van der Waals surface area contributed by atoms with Crippen molar-refractivity contribution in [2.24, 2.45) is 0 Å². The van der Waals surface area contributed by atoms with Crippen LogP contribution in [0.25, 0.3) is 0 Å². The van der Waals surface area contributed by atoms with Crippen LogP contribution in [0.1, 0.15) is 4.88 Å². The molecule has 0 aliphatic carbocycles. The lowest BCUT2D eigenvalue weighted by Crippen LogP contribution is -3.10. The summed E-state index contributed by atoms with van der Waals surface area (Å²) in [6.07, 6.45) is 2.37. The fraction of sp³-hybridized carbons (Fsp3) is 0.333. The molecule has 5 heteroatoms. The number of aromatic nitrogens is 1. The number of amides is 1. The first-order chi connectivity index (χ1) is 9.83. The summed E-state index contributed by atoms with van der Waals surface area (Å²) in [4.78, 5) is 21.1. The number of hydrogen-bond donors (Lipinski definition) is 1. The molecule has 2 aromatic heterocycles. The van der Waals surface area contributed by atoms with Gasteiger partial charge in [-0.05, 0) is 17.5 Å². The molecule has 1 saturated heterocycles. The van der Waals surface area contributed by atoms with Crippen molar-refractivity contribution in [2.75, 3.05) is 26.2 Å². The quantitative estimate of drug-likeness (QED) is 0.905. The van der Waals surface area contributed by atoms with Gasteiger partial charge in [0.2, 0.25) is 11.7 Å². The van der Waals surface area contributed by atoms with Gasteiger partial charge in [-0.2, -0.15) is 0 Å². The number of carbonyl (C=O) groups excluding carboxylic acids is 1. The van der Waals surface area contributed by atoms with Crippen LogP contribution in [-0.4, -0.2) is 42.0 Å². The van der Waals surface area contributed by atoms with E-state index in [1.165, 1.54) is 4.90 Å². The lowest BCUT2D eigenvalue weighted by atomic mass is 10.2. The summed E-state index contributed by atoms with van der Waals surface area (Å²) in [5.41, 5.74) is 0. The molecule has 3 rings (SSSR count). The summed E-state index contributed by atoms with van der Waals surface area (Å²) in [7, 11) is 0. The van der Waals surface area contributed by atoms with Crippen molar-refractivity contribution < 1.29 is 9.69 Å². The van der Waals surface area contributed by atoms with Gasteiger partial charge in [-0.15, -0.1) is 11.3 Å². The van der Waals surface area contributed by atoms with Gasteiger partial charge < -0.3 is 4.90 Å². The van der Waals surface area contributed by atoms with Gasteiger partial charge in [0.05, 0.1) is 19.5 Å². The van der Waals surface area contributed by atoms with Crippen molar-refractivity contribution in [3.63, 3.8) is 0 Å². The molecule has 0 atom stereocenters. The van der Waals surface area contributed by atoms with Crippen LogP contribution in [0.15, 0.2) is 41.9 Å². The summed E-state index contributed by atoms with van der Waals surface area (Å²) in [6, 6.07) is 10.0. The second-order valence-electron chi connectivity index (χ2n) is 4.96. The normalized spacial score (nSPS) is 16.3. The van der Waals surface area contributed by atoms with Crippen molar-refractivity contribution in [1.82, 2.24) is 9.88 Å². The summed E-state index contributed by atoms with van der Waals surface area (Å²) >= 11 is 1.65. The van der Waals surface area contributed by atoms with E-state index < -0.39 is 0 Å². The Balaban J connectivity index is 1.54. The minimum Gasteiger partial charge on any atom is -0.331 e. The monoisotopic (exact) mass is 288 g/mol. The maximum atomic E-state index is 12.2. The summed E-state index contributed by atoms with van der Waals surface area (Å²) in [5.74, 6) is 1.32. The van der Waals surface area contributed by atoms with Crippen LogP contribution in [0.3, 0.4) is 0 Å². The minimum absolute atomic E-state index is 0.243. The Hall–Kier alpha value is -1.72. The molecule has 1 N–H and O–H groups in total. The predicted octanol–water partition coefficient (Wildman–Crippen LogP) is 0.744. The Morgan fingerprint density at radius 1 is 1.25 bits per heavy atom. The van der Waals surface area contributed by atoms with Crippen molar-refractivity contribution in [3.8, 4) is 0 Å². The Bertz CT molecular complexity index is 548. The standard InChI is InChI=1S/C15H17N3OS/c19-15(12-13-4-3-11-20-13)18-9-7-17(8-10-18)14-5-1-2-6-16-14/h1-6,11H,7-10,12H2/p+1. The fourth-order valence-corrected chi connectivity index (χ4v) is 3.22. The highest BCUT2D eigenvalue weighted by molar-refractivity contribution is 7.10. The molecule has 1 fully saturated rings. The van der Waals surface area contributed by atoms with E-state index in [0.717, 1.165) is 36.9 Å². The summed E-state index contributed by atoms with van der Waals surface area (Å²) in [5, 5.41) is 2.02. The third-order valence-corrected chi connectivity index (χ3v) is 4.53. The van der Waals surface area contributed by atoms with Gasteiger partial charge in [0.1, 0.15) is 13.1 Å². The Labute approximate surface area is 122 Å². The number of pyridine rings is 1. The Kier molecular flexibility index (Phi) is 4.08. The maximum absolute atomic E-state index is 12.2. The molecule has 104 valence electrons. The van der Waals surface area contributed by atoms with E-state index in [4.69, 9.17) is 0 Å².